The standard InChI is InChI=1S/C14H13F4N3O3/c15-10-2-1-8(14(16,17)18)7-9(10)12(23)20-3-5-21(6-4-20)13(24)11(19)22/h1-2,7H,3-6H2,(H2,19,22). The van der Waals surface area contributed by atoms with Crippen molar-refractivity contribution in [2.45, 2.75) is 6.18 Å². The number of carbonyl (C=O) groups is 3. The van der Waals surface area contributed by atoms with Gasteiger partial charge >= 0.3 is 18.0 Å². The molecule has 1 saturated heterocycles. The lowest BCUT2D eigenvalue weighted by Gasteiger charge is -2.34. The zero-order chi connectivity index (χ0) is 18.1. The molecule has 1 fully saturated rings. The van der Waals surface area contributed by atoms with Crippen LogP contribution in [0.25, 0.3) is 0 Å². The van der Waals surface area contributed by atoms with E-state index < -0.39 is 40.8 Å². The van der Waals surface area contributed by atoms with Gasteiger partial charge in [0.1, 0.15) is 5.82 Å². The van der Waals surface area contributed by atoms with Crippen LogP contribution in [0.1, 0.15) is 15.9 Å². The van der Waals surface area contributed by atoms with Gasteiger partial charge in [0, 0.05) is 26.2 Å². The summed E-state index contributed by atoms with van der Waals surface area (Å²) in [7, 11) is 0. The summed E-state index contributed by atoms with van der Waals surface area (Å²) in [5, 5.41) is 0. The molecule has 10 heteroatoms. The van der Waals surface area contributed by atoms with Gasteiger partial charge in [-0.15, -0.1) is 0 Å². The predicted octanol–water partition coefficient (Wildman–Crippen LogP) is 0.614. The van der Waals surface area contributed by atoms with E-state index in [-0.39, 0.29) is 26.2 Å². The number of primary amides is 1. The Morgan fingerprint density at radius 3 is 2.04 bits per heavy atom. The van der Waals surface area contributed by atoms with Crippen LogP contribution in [0.2, 0.25) is 0 Å². The summed E-state index contributed by atoms with van der Waals surface area (Å²) in [6.45, 7) is -0.136. The zero-order valence-corrected chi connectivity index (χ0v) is 12.3. The molecule has 1 aromatic rings. The van der Waals surface area contributed by atoms with Crippen LogP contribution in [-0.4, -0.2) is 53.7 Å². The first kappa shape index (κ1) is 17.7. The van der Waals surface area contributed by atoms with Crippen molar-refractivity contribution in [2.75, 3.05) is 26.2 Å². The summed E-state index contributed by atoms with van der Waals surface area (Å²) in [4.78, 5) is 36.7. The number of hydrogen-bond acceptors (Lipinski definition) is 3. The van der Waals surface area contributed by atoms with Crippen molar-refractivity contribution in [3.8, 4) is 0 Å². The predicted molar refractivity (Wildman–Crippen MR) is 73.1 cm³/mol. The fourth-order valence-corrected chi connectivity index (χ4v) is 2.30. The highest BCUT2D eigenvalue weighted by Crippen LogP contribution is 2.30. The smallest absolute Gasteiger partial charge is 0.361 e. The second-order valence-corrected chi connectivity index (χ2v) is 5.14. The van der Waals surface area contributed by atoms with E-state index in [1.807, 2.05) is 0 Å². The molecule has 3 amide bonds. The lowest BCUT2D eigenvalue weighted by Crippen LogP contribution is -2.53. The molecule has 0 spiro atoms. The number of halogens is 4. The van der Waals surface area contributed by atoms with Crippen LogP contribution in [0, 0.1) is 5.82 Å². The number of nitrogens with two attached hydrogens (primary N) is 1. The van der Waals surface area contributed by atoms with Crippen LogP contribution in [0.3, 0.4) is 0 Å². The molecule has 1 aliphatic heterocycles. The summed E-state index contributed by atoms with van der Waals surface area (Å²) < 4.78 is 51.8. The fourth-order valence-electron chi connectivity index (χ4n) is 2.30. The van der Waals surface area contributed by atoms with Crippen molar-refractivity contribution in [1.82, 2.24) is 9.80 Å². The molecule has 1 aliphatic rings. The lowest BCUT2D eigenvalue weighted by molar-refractivity contribution is -0.145. The van der Waals surface area contributed by atoms with Crippen LogP contribution in [0.5, 0.6) is 0 Å². The Bertz CT molecular complexity index is 682. The van der Waals surface area contributed by atoms with Gasteiger partial charge in [-0.1, -0.05) is 0 Å². The fraction of sp³-hybridized carbons (Fsp3) is 0.357. The third-order valence-electron chi connectivity index (χ3n) is 3.59. The molecule has 0 aliphatic carbocycles. The SMILES string of the molecule is NC(=O)C(=O)N1CCN(C(=O)c2cc(C(F)(F)F)ccc2F)CC1. The molecule has 1 aromatic carbocycles. The molecule has 0 radical (unpaired) electrons. The van der Waals surface area contributed by atoms with Crippen molar-refractivity contribution in [1.29, 1.82) is 0 Å². The first-order valence-electron chi connectivity index (χ1n) is 6.86. The lowest BCUT2D eigenvalue weighted by atomic mass is 10.1. The molecule has 6 nitrogen and oxygen atoms in total. The van der Waals surface area contributed by atoms with Gasteiger partial charge in [-0.2, -0.15) is 13.2 Å². The maximum Gasteiger partial charge on any atom is 0.416 e. The summed E-state index contributed by atoms with van der Waals surface area (Å²) in [5.74, 6) is -4.03. The van der Waals surface area contributed by atoms with E-state index in [4.69, 9.17) is 5.73 Å². The molecule has 0 unspecified atom stereocenters. The zero-order valence-electron chi connectivity index (χ0n) is 12.3. The minimum absolute atomic E-state index is 0.0197. The van der Waals surface area contributed by atoms with E-state index in [0.29, 0.717) is 18.2 Å². The molecular formula is C14H13F4N3O3. The highest BCUT2D eigenvalue weighted by Gasteiger charge is 2.33. The Morgan fingerprint density at radius 2 is 1.54 bits per heavy atom. The van der Waals surface area contributed by atoms with Crippen molar-refractivity contribution >= 4 is 17.7 Å². The molecule has 0 saturated carbocycles. The van der Waals surface area contributed by atoms with Crippen LogP contribution >= 0.6 is 0 Å². The largest absolute Gasteiger partial charge is 0.416 e. The average molecular weight is 347 g/mol. The van der Waals surface area contributed by atoms with E-state index in [0.717, 1.165) is 9.80 Å². The molecule has 0 bridgehead atoms. The summed E-state index contributed by atoms with van der Waals surface area (Å²) in [6, 6.07) is 1.59. The summed E-state index contributed by atoms with van der Waals surface area (Å²) in [5.41, 5.74) is 3.04. The van der Waals surface area contributed by atoms with E-state index in [9.17, 15) is 31.9 Å². The Morgan fingerprint density at radius 1 is 1.00 bits per heavy atom. The highest BCUT2D eigenvalue weighted by molar-refractivity contribution is 6.34. The summed E-state index contributed by atoms with van der Waals surface area (Å²) in [6.07, 6.45) is -4.70. The molecule has 24 heavy (non-hydrogen) atoms. The Kier molecular flexibility index (Phi) is 4.76. The van der Waals surface area contributed by atoms with E-state index in [1.54, 1.807) is 0 Å². The number of alkyl halides is 3. The molecule has 2 N–H and O–H groups in total. The van der Waals surface area contributed by atoms with Crippen molar-refractivity contribution in [2.24, 2.45) is 5.73 Å². The number of amides is 3. The van der Waals surface area contributed by atoms with Crippen molar-refractivity contribution in [3.05, 3.63) is 35.1 Å². The molecule has 1 heterocycles. The van der Waals surface area contributed by atoms with E-state index in [2.05, 4.69) is 0 Å². The van der Waals surface area contributed by atoms with Gasteiger partial charge in [0.05, 0.1) is 11.1 Å². The van der Waals surface area contributed by atoms with Gasteiger partial charge in [-0.05, 0) is 18.2 Å². The normalized spacial score (nSPS) is 15.3. The second-order valence-electron chi connectivity index (χ2n) is 5.14. The first-order valence-corrected chi connectivity index (χ1v) is 6.86. The number of nitrogens with zero attached hydrogens (tertiary/aromatic N) is 2. The molecule has 0 aromatic heterocycles. The number of benzene rings is 1. The topological polar surface area (TPSA) is 83.7 Å². The molecule has 0 atom stereocenters. The number of piperazine rings is 1. The minimum atomic E-state index is -4.70. The van der Waals surface area contributed by atoms with E-state index in [1.165, 1.54) is 0 Å². The Balaban J connectivity index is 2.14. The number of rotatable bonds is 1. The van der Waals surface area contributed by atoms with Gasteiger partial charge in [0.25, 0.3) is 5.91 Å². The van der Waals surface area contributed by atoms with Crippen LogP contribution in [0.4, 0.5) is 17.6 Å². The van der Waals surface area contributed by atoms with Gasteiger partial charge in [-0.3, -0.25) is 14.4 Å². The van der Waals surface area contributed by atoms with Crippen molar-refractivity contribution < 1.29 is 31.9 Å². The van der Waals surface area contributed by atoms with Crippen LogP contribution < -0.4 is 5.73 Å². The van der Waals surface area contributed by atoms with Gasteiger partial charge in [-0.25, -0.2) is 4.39 Å². The third kappa shape index (κ3) is 3.63. The van der Waals surface area contributed by atoms with Gasteiger partial charge < -0.3 is 15.5 Å². The minimum Gasteiger partial charge on any atom is -0.361 e. The molecule has 130 valence electrons. The number of hydrogen-bond donors (Lipinski definition) is 1. The Labute approximate surface area is 133 Å². The second kappa shape index (κ2) is 6.46. The monoisotopic (exact) mass is 347 g/mol. The average Bonchev–Trinajstić information content (AvgIpc) is 2.53. The van der Waals surface area contributed by atoms with Crippen LogP contribution in [-0.2, 0) is 15.8 Å². The maximum absolute atomic E-state index is 13.7. The van der Waals surface area contributed by atoms with Crippen LogP contribution in [0.15, 0.2) is 18.2 Å². The first-order chi connectivity index (χ1) is 11.1. The van der Waals surface area contributed by atoms with Crippen molar-refractivity contribution in [3.63, 3.8) is 0 Å². The maximum atomic E-state index is 13.7. The number of carbonyl (C=O) groups excluding carboxylic acids is 3. The van der Waals surface area contributed by atoms with Gasteiger partial charge in [0.15, 0.2) is 0 Å². The summed E-state index contributed by atoms with van der Waals surface area (Å²) >= 11 is 0. The van der Waals surface area contributed by atoms with Gasteiger partial charge in [0.2, 0.25) is 0 Å². The molecular weight excluding hydrogens is 334 g/mol. The Hall–Kier alpha value is -2.65. The highest BCUT2D eigenvalue weighted by atomic mass is 19.4. The quantitative estimate of drug-likeness (QED) is 0.597. The third-order valence-corrected chi connectivity index (χ3v) is 3.59. The van der Waals surface area contributed by atoms with E-state index >= 15 is 0 Å². The molecule has 2 rings (SSSR count).